The van der Waals surface area contributed by atoms with E-state index in [0.29, 0.717) is 18.8 Å². The van der Waals surface area contributed by atoms with Crippen molar-refractivity contribution in [3.05, 3.63) is 35.9 Å². The summed E-state index contributed by atoms with van der Waals surface area (Å²) in [6.07, 6.45) is 3.18. The maximum Gasteiger partial charge on any atom is 0.408 e. The Kier molecular flexibility index (Phi) is 8.67. The Balaban J connectivity index is 2.64. The van der Waals surface area contributed by atoms with Crippen LogP contribution in [0.1, 0.15) is 65.9 Å². The van der Waals surface area contributed by atoms with Crippen LogP contribution in [0.5, 0.6) is 0 Å². The molecule has 0 spiro atoms. The van der Waals surface area contributed by atoms with Crippen molar-refractivity contribution in [1.82, 2.24) is 5.32 Å². The van der Waals surface area contributed by atoms with Gasteiger partial charge in [0.1, 0.15) is 5.60 Å². The predicted octanol–water partition coefficient (Wildman–Crippen LogP) is 4.91. The lowest BCUT2D eigenvalue weighted by Gasteiger charge is -2.23. The molecule has 1 atom stereocenters. The molecular weight excluding hydrogens is 314 g/mol. The van der Waals surface area contributed by atoms with Crippen LogP contribution in [0.15, 0.2) is 30.3 Å². The highest BCUT2D eigenvalue weighted by Gasteiger charge is 2.23. The van der Waals surface area contributed by atoms with Crippen molar-refractivity contribution in [3.63, 3.8) is 0 Å². The number of hydrogen-bond acceptors (Lipinski definition) is 3. The van der Waals surface area contributed by atoms with Crippen LogP contribution in [0.3, 0.4) is 0 Å². The molecule has 25 heavy (non-hydrogen) atoms. The first-order valence-electron chi connectivity index (χ1n) is 9.23. The van der Waals surface area contributed by atoms with Crippen molar-refractivity contribution < 1.29 is 14.3 Å². The van der Waals surface area contributed by atoms with Gasteiger partial charge in [0.05, 0.1) is 6.04 Å². The molecule has 0 bridgehead atoms. The first-order chi connectivity index (χ1) is 11.7. The minimum Gasteiger partial charge on any atom is -0.444 e. The largest absolute Gasteiger partial charge is 0.444 e. The Morgan fingerprint density at radius 1 is 1.08 bits per heavy atom. The van der Waals surface area contributed by atoms with Crippen molar-refractivity contribution in [2.45, 2.75) is 78.4 Å². The summed E-state index contributed by atoms with van der Waals surface area (Å²) in [5, 5.41) is 2.77. The van der Waals surface area contributed by atoms with Gasteiger partial charge in [-0.2, -0.15) is 0 Å². The summed E-state index contributed by atoms with van der Waals surface area (Å²) >= 11 is 0. The van der Waals surface area contributed by atoms with E-state index in [0.717, 1.165) is 24.8 Å². The number of amides is 1. The highest BCUT2D eigenvalue weighted by atomic mass is 16.6. The standard InChI is InChI=1S/C21H33NO3/c1-16(2)10-9-13-19(23)18(22-20(24)25-21(3,4)5)15-14-17-11-7-6-8-12-17/h6-8,11-12,16,18H,9-10,13-15H2,1-5H3,(H,22,24)/t18-/m0/s1. The van der Waals surface area contributed by atoms with Gasteiger partial charge in [-0.05, 0) is 51.5 Å². The topological polar surface area (TPSA) is 55.4 Å². The molecule has 0 aliphatic rings. The van der Waals surface area contributed by atoms with Gasteiger partial charge in [-0.15, -0.1) is 0 Å². The van der Waals surface area contributed by atoms with E-state index in [1.165, 1.54) is 0 Å². The fourth-order valence-corrected chi connectivity index (χ4v) is 2.58. The highest BCUT2D eigenvalue weighted by Crippen LogP contribution is 2.13. The Bertz CT molecular complexity index is 532. The van der Waals surface area contributed by atoms with Crippen LogP contribution >= 0.6 is 0 Å². The average molecular weight is 347 g/mol. The molecule has 0 aromatic heterocycles. The predicted molar refractivity (Wildman–Crippen MR) is 102 cm³/mol. The van der Waals surface area contributed by atoms with E-state index >= 15 is 0 Å². The molecule has 0 aliphatic heterocycles. The van der Waals surface area contributed by atoms with E-state index in [9.17, 15) is 9.59 Å². The Morgan fingerprint density at radius 2 is 1.72 bits per heavy atom. The number of rotatable bonds is 9. The third-order valence-electron chi connectivity index (χ3n) is 3.85. The second-order valence-corrected chi connectivity index (χ2v) is 7.98. The Hall–Kier alpha value is -1.84. The molecule has 0 unspecified atom stereocenters. The van der Waals surface area contributed by atoms with Gasteiger partial charge in [-0.25, -0.2) is 4.79 Å². The summed E-state index contributed by atoms with van der Waals surface area (Å²) in [6.45, 7) is 9.74. The van der Waals surface area contributed by atoms with Gasteiger partial charge in [-0.1, -0.05) is 50.6 Å². The zero-order chi connectivity index (χ0) is 18.9. The van der Waals surface area contributed by atoms with E-state index in [2.05, 4.69) is 19.2 Å². The number of hydrogen-bond donors (Lipinski definition) is 1. The fraction of sp³-hybridized carbons (Fsp3) is 0.619. The summed E-state index contributed by atoms with van der Waals surface area (Å²) in [5.74, 6) is 0.664. The summed E-state index contributed by atoms with van der Waals surface area (Å²) in [7, 11) is 0. The lowest BCUT2D eigenvalue weighted by atomic mass is 9.97. The van der Waals surface area contributed by atoms with E-state index < -0.39 is 17.7 Å². The number of ether oxygens (including phenoxy) is 1. The molecule has 0 heterocycles. The summed E-state index contributed by atoms with van der Waals surface area (Å²) < 4.78 is 5.31. The van der Waals surface area contributed by atoms with Crippen LogP contribution in [0.25, 0.3) is 0 Å². The molecule has 140 valence electrons. The monoisotopic (exact) mass is 347 g/mol. The third kappa shape index (κ3) is 9.90. The molecule has 1 N–H and O–H groups in total. The molecule has 0 radical (unpaired) electrons. The number of nitrogens with one attached hydrogen (secondary N) is 1. The van der Waals surface area contributed by atoms with E-state index in [1.54, 1.807) is 0 Å². The zero-order valence-electron chi connectivity index (χ0n) is 16.3. The second kappa shape index (κ2) is 10.2. The number of Topliss-reactive ketones (excluding diaryl/α,β-unsaturated/α-hetero) is 1. The van der Waals surface area contributed by atoms with E-state index in [1.807, 2.05) is 51.1 Å². The van der Waals surface area contributed by atoms with Crippen molar-refractivity contribution in [2.75, 3.05) is 0 Å². The SMILES string of the molecule is CC(C)CCCC(=O)[C@H](CCc1ccccc1)NC(=O)OC(C)(C)C. The van der Waals surface area contributed by atoms with Gasteiger partial charge < -0.3 is 10.1 Å². The van der Waals surface area contributed by atoms with Crippen LogP contribution in [-0.2, 0) is 16.0 Å². The first-order valence-corrected chi connectivity index (χ1v) is 9.23. The molecule has 1 aromatic carbocycles. The van der Waals surface area contributed by atoms with Crippen molar-refractivity contribution in [2.24, 2.45) is 5.92 Å². The van der Waals surface area contributed by atoms with E-state index in [4.69, 9.17) is 4.74 Å². The van der Waals surface area contributed by atoms with Crippen LogP contribution < -0.4 is 5.32 Å². The fourth-order valence-electron chi connectivity index (χ4n) is 2.58. The van der Waals surface area contributed by atoms with Gasteiger partial charge in [-0.3, -0.25) is 4.79 Å². The van der Waals surface area contributed by atoms with Gasteiger partial charge in [0.25, 0.3) is 0 Å². The summed E-state index contributed by atoms with van der Waals surface area (Å²) in [4.78, 5) is 24.7. The molecule has 0 saturated heterocycles. The highest BCUT2D eigenvalue weighted by molar-refractivity contribution is 5.87. The van der Waals surface area contributed by atoms with Gasteiger partial charge in [0, 0.05) is 6.42 Å². The molecule has 1 rings (SSSR count). The molecular formula is C21H33NO3. The average Bonchev–Trinajstić information content (AvgIpc) is 2.50. The Labute approximate surface area is 152 Å². The molecule has 4 heteroatoms. The number of carbonyl (C=O) groups excluding carboxylic acids is 2. The lowest BCUT2D eigenvalue weighted by Crippen LogP contribution is -2.43. The minimum atomic E-state index is -0.575. The van der Waals surface area contributed by atoms with Crippen LogP contribution in [-0.4, -0.2) is 23.5 Å². The third-order valence-corrected chi connectivity index (χ3v) is 3.85. The molecule has 0 fully saturated rings. The smallest absolute Gasteiger partial charge is 0.408 e. The van der Waals surface area contributed by atoms with Crippen LogP contribution in [0.2, 0.25) is 0 Å². The number of carbonyl (C=O) groups is 2. The van der Waals surface area contributed by atoms with E-state index in [-0.39, 0.29) is 5.78 Å². The van der Waals surface area contributed by atoms with Gasteiger partial charge in [0.2, 0.25) is 0 Å². The van der Waals surface area contributed by atoms with Crippen molar-refractivity contribution >= 4 is 11.9 Å². The van der Waals surface area contributed by atoms with Crippen molar-refractivity contribution in [1.29, 1.82) is 0 Å². The maximum atomic E-state index is 12.6. The van der Waals surface area contributed by atoms with Gasteiger partial charge in [0.15, 0.2) is 5.78 Å². The van der Waals surface area contributed by atoms with Gasteiger partial charge >= 0.3 is 6.09 Å². The van der Waals surface area contributed by atoms with Crippen molar-refractivity contribution in [3.8, 4) is 0 Å². The first kappa shape index (κ1) is 21.2. The quantitative estimate of drug-likeness (QED) is 0.690. The number of aryl methyl sites for hydroxylation is 1. The summed E-state index contributed by atoms with van der Waals surface area (Å²) in [6, 6.07) is 9.51. The molecule has 1 amide bonds. The zero-order valence-corrected chi connectivity index (χ0v) is 16.3. The lowest BCUT2D eigenvalue weighted by molar-refractivity contribution is -0.121. The number of ketones is 1. The van der Waals surface area contributed by atoms with Crippen LogP contribution in [0.4, 0.5) is 4.79 Å². The maximum absolute atomic E-state index is 12.6. The Morgan fingerprint density at radius 3 is 2.28 bits per heavy atom. The van der Waals surface area contributed by atoms with Crippen LogP contribution in [0, 0.1) is 5.92 Å². The molecule has 4 nitrogen and oxygen atoms in total. The summed E-state index contributed by atoms with van der Waals surface area (Å²) in [5.41, 5.74) is 0.586. The molecule has 1 aromatic rings. The second-order valence-electron chi connectivity index (χ2n) is 7.98. The number of alkyl carbamates (subject to hydrolysis) is 1. The molecule has 0 saturated carbocycles. The minimum absolute atomic E-state index is 0.0856. The normalized spacial score (nSPS) is 12.7. The number of benzene rings is 1. The molecule has 0 aliphatic carbocycles.